The van der Waals surface area contributed by atoms with E-state index in [1.54, 1.807) is 0 Å². The Labute approximate surface area is 147 Å². The number of amides is 1. The first kappa shape index (κ1) is 16.6. The number of phenolic OH excluding ortho intramolecular Hbond substituents is 1. The molecular formula is C16H21FN4O3S. The fourth-order valence-corrected chi connectivity index (χ4v) is 4.34. The molecule has 9 heteroatoms. The van der Waals surface area contributed by atoms with Crippen molar-refractivity contribution in [3.8, 4) is 5.75 Å². The summed E-state index contributed by atoms with van der Waals surface area (Å²) in [5.41, 5.74) is 0.828. The molecule has 2 unspecified atom stereocenters. The molecule has 1 amide bonds. The highest BCUT2D eigenvalue weighted by atomic mass is 32.2. The van der Waals surface area contributed by atoms with E-state index in [0.717, 1.165) is 16.8 Å². The first-order valence-electron chi connectivity index (χ1n) is 8.53. The summed E-state index contributed by atoms with van der Waals surface area (Å²) < 4.78 is 30.1. The van der Waals surface area contributed by atoms with Crippen molar-refractivity contribution in [3.05, 3.63) is 17.4 Å². The van der Waals surface area contributed by atoms with Crippen LogP contribution in [0, 0.1) is 11.7 Å². The monoisotopic (exact) mass is 368 g/mol. The van der Waals surface area contributed by atoms with Gasteiger partial charge < -0.3 is 15.7 Å². The molecule has 4 rings (SSSR count). The minimum Gasteiger partial charge on any atom is -0.506 e. The van der Waals surface area contributed by atoms with Crippen molar-refractivity contribution in [1.82, 2.24) is 10.0 Å². The van der Waals surface area contributed by atoms with E-state index in [1.807, 2.05) is 0 Å². The molecule has 3 aliphatic rings. The quantitative estimate of drug-likeness (QED) is 0.557. The number of aromatic hydroxyl groups is 1. The van der Waals surface area contributed by atoms with Gasteiger partial charge in [-0.2, -0.15) is 0 Å². The van der Waals surface area contributed by atoms with Crippen LogP contribution >= 0.6 is 0 Å². The van der Waals surface area contributed by atoms with E-state index in [4.69, 9.17) is 0 Å². The predicted molar refractivity (Wildman–Crippen MR) is 93.0 cm³/mol. The molecule has 0 radical (unpaired) electrons. The third kappa shape index (κ3) is 3.30. The van der Waals surface area contributed by atoms with Crippen molar-refractivity contribution in [3.63, 3.8) is 0 Å². The average molecular weight is 368 g/mol. The maximum atomic E-state index is 14.9. The van der Waals surface area contributed by atoms with E-state index in [2.05, 4.69) is 15.4 Å². The molecule has 2 heterocycles. The van der Waals surface area contributed by atoms with Crippen LogP contribution in [0.2, 0.25) is 0 Å². The second kappa shape index (κ2) is 6.45. The van der Waals surface area contributed by atoms with E-state index in [9.17, 15) is 18.5 Å². The Morgan fingerprint density at radius 2 is 2.24 bits per heavy atom. The van der Waals surface area contributed by atoms with Crippen LogP contribution in [0.25, 0.3) is 0 Å². The molecule has 136 valence electrons. The summed E-state index contributed by atoms with van der Waals surface area (Å²) in [6.07, 6.45) is 4.32. The summed E-state index contributed by atoms with van der Waals surface area (Å²) >= 11 is -1.87. The zero-order valence-corrected chi connectivity index (χ0v) is 14.5. The normalized spacial score (nSPS) is 25.0. The van der Waals surface area contributed by atoms with Gasteiger partial charge in [0.05, 0.1) is 0 Å². The molecule has 7 nitrogen and oxygen atoms in total. The Morgan fingerprint density at radius 3 is 2.92 bits per heavy atom. The summed E-state index contributed by atoms with van der Waals surface area (Å²) in [6, 6.07) is 1.49. The maximum absolute atomic E-state index is 14.9. The zero-order valence-electron chi connectivity index (χ0n) is 13.7. The van der Waals surface area contributed by atoms with Gasteiger partial charge in [0, 0.05) is 29.9 Å². The topological polar surface area (TPSA) is 93.7 Å². The van der Waals surface area contributed by atoms with Crippen LogP contribution in [0.5, 0.6) is 5.75 Å². The lowest BCUT2D eigenvalue weighted by molar-refractivity contribution is -0.117. The van der Waals surface area contributed by atoms with Crippen LogP contribution in [-0.2, 0) is 22.4 Å². The zero-order chi connectivity index (χ0) is 17.6. The second-order valence-corrected chi connectivity index (χ2v) is 8.02. The summed E-state index contributed by atoms with van der Waals surface area (Å²) in [5, 5.41) is 16.8. The molecule has 0 bridgehead atoms. The van der Waals surface area contributed by atoms with Crippen molar-refractivity contribution in [2.45, 2.75) is 31.7 Å². The highest BCUT2D eigenvalue weighted by Crippen LogP contribution is 2.41. The van der Waals surface area contributed by atoms with E-state index in [0.29, 0.717) is 24.2 Å². The lowest BCUT2D eigenvalue weighted by atomic mass is 10.1. The SMILES string of the molecule is O=C1CN(c2c(O)cc3c(c2F)CC(CNCCC2CC2)N3)S(=O)N1. The van der Waals surface area contributed by atoms with Crippen LogP contribution in [0.15, 0.2) is 6.07 Å². The molecule has 1 saturated carbocycles. The number of phenols is 1. The predicted octanol–water partition coefficient (Wildman–Crippen LogP) is 0.772. The maximum Gasteiger partial charge on any atom is 0.253 e. The molecule has 25 heavy (non-hydrogen) atoms. The van der Waals surface area contributed by atoms with Gasteiger partial charge in [-0.3, -0.25) is 13.8 Å². The molecule has 0 spiro atoms. The van der Waals surface area contributed by atoms with Crippen molar-refractivity contribution in [2.75, 3.05) is 29.3 Å². The van der Waals surface area contributed by atoms with Gasteiger partial charge in [0.15, 0.2) is 5.82 Å². The molecule has 1 aliphatic carbocycles. The van der Waals surface area contributed by atoms with Gasteiger partial charge in [0.2, 0.25) is 11.2 Å². The Hall–Kier alpha value is -1.87. The third-order valence-electron chi connectivity index (χ3n) is 4.89. The molecule has 4 N–H and O–H groups in total. The van der Waals surface area contributed by atoms with Crippen LogP contribution in [0.4, 0.5) is 15.8 Å². The minimum atomic E-state index is -1.87. The number of anilines is 2. The molecule has 1 aromatic rings. The van der Waals surface area contributed by atoms with E-state index in [-0.39, 0.29) is 24.0 Å². The van der Waals surface area contributed by atoms with Gasteiger partial charge in [0.1, 0.15) is 18.0 Å². The smallest absolute Gasteiger partial charge is 0.253 e. The number of benzene rings is 1. The highest BCUT2D eigenvalue weighted by molar-refractivity contribution is 7.85. The van der Waals surface area contributed by atoms with Gasteiger partial charge >= 0.3 is 0 Å². The Bertz CT molecular complexity index is 741. The summed E-state index contributed by atoms with van der Waals surface area (Å²) in [7, 11) is 0. The fourth-order valence-electron chi connectivity index (χ4n) is 3.40. The summed E-state index contributed by atoms with van der Waals surface area (Å²) in [4.78, 5) is 11.4. The Morgan fingerprint density at radius 1 is 1.44 bits per heavy atom. The lowest BCUT2D eigenvalue weighted by Gasteiger charge is -2.17. The van der Waals surface area contributed by atoms with Crippen LogP contribution in [-0.4, -0.2) is 40.9 Å². The lowest BCUT2D eigenvalue weighted by Crippen LogP contribution is -2.32. The van der Waals surface area contributed by atoms with Crippen LogP contribution in [0.1, 0.15) is 24.8 Å². The molecule has 2 aliphatic heterocycles. The van der Waals surface area contributed by atoms with E-state index in [1.165, 1.54) is 25.3 Å². The van der Waals surface area contributed by atoms with Crippen LogP contribution < -0.4 is 19.7 Å². The van der Waals surface area contributed by atoms with Crippen molar-refractivity contribution < 1.29 is 18.5 Å². The Kier molecular flexibility index (Phi) is 4.28. The molecule has 1 saturated heterocycles. The van der Waals surface area contributed by atoms with Crippen molar-refractivity contribution in [1.29, 1.82) is 0 Å². The highest BCUT2D eigenvalue weighted by Gasteiger charge is 2.35. The molecule has 2 fully saturated rings. The van der Waals surface area contributed by atoms with E-state index < -0.39 is 22.9 Å². The molecule has 2 atom stereocenters. The van der Waals surface area contributed by atoms with Gasteiger partial charge in [0.25, 0.3) is 5.91 Å². The number of halogens is 1. The number of hydrogen-bond acceptors (Lipinski definition) is 5. The van der Waals surface area contributed by atoms with E-state index >= 15 is 0 Å². The largest absolute Gasteiger partial charge is 0.506 e. The van der Waals surface area contributed by atoms with Gasteiger partial charge in [-0.05, 0) is 25.3 Å². The van der Waals surface area contributed by atoms with Gasteiger partial charge in [-0.25, -0.2) is 8.60 Å². The number of carbonyl (C=O) groups excluding carboxylic acids is 1. The summed E-state index contributed by atoms with van der Waals surface area (Å²) in [5.74, 6) is -0.534. The first-order valence-corrected chi connectivity index (χ1v) is 9.64. The average Bonchev–Trinajstić information content (AvgIpc) is 3.20. The summed E-state index contributed by atoms with van der Waals surface area (Å²) in [6.45, 7) is 1.43. The van der Waals surface area contributed by atoms with Gasteiger partial charge in [-0.1, -0.05) is 12.8 Å². The van der Waals surface area contributed by atoms with Crippen molar-refractivity contribution in [2.24, 2.45) is 5.92 Å². The van der Waals surface area contributed by atoms with Crippen molar-refractivity contribution >= 4 is 28.5 Å². The first-order chi connectivity index (χ1) is 12.0. The number of rotatable bonds is 6. The molecule has 0 aromatic heterocycles. The fraction of sp³-hybridized carbons (Fsp3) is 0.562. The minimum absolute atomic E-state index is 0.0437. The number of nitrogens with zero attached hydrogens (tertiary/aromatic N) is 1. The van der Waals surface area contributed by atoms with Crippen LogP contribution in [0.3, 0.4) is 0 Å². The van der Waals surface area contributed by atoms with Gasteiger partial charge in [-0.15, -0.1) is 0 Å². The standard InChI is InChI=1S/C16H21FN4O3S/c17-15-11-5-10(7-18-4-3-9-1-2-9)19-12(11)6-13(22)16(15)21-8-14(23)20-25(21)24/h6,9-10,18-19,22H,1-5,7-8H2,(H,20,23). The number of fused-ring (bicyclic) bond motifs is 1. The number of nitrogens with one attached hydrogen (secondary N) is 3. The third-order valence-corrected chi connectivity index (χ3v) is 6.00. The second-order valence-electron chi connectivity index (χ2n) is 6.88. The Balaban J connectivity index is 1.46. The molecular weight excluding hydrogens is 347 g/mol. The molecule has 1 aromatic carbocycles. The number of hydrogen-bond donors (Lipinski definition) is 4. The number of carbonyl (C=O) groups is 1.